The van der Waals surface area contributed by atoms with Gasteiger partial charge in [-0.25, -0.2) is 4.98 Å². The van der Waals surface area contributed by atoms with Crippen molar-refractivity contribution in [3.63, 3.8) is 0 Å². The zero-order valence-corrected chi connectivity index (χ0v) is 10.4. The Balaban J connectivity index is 2.10. The first-order valence-electron chi connectivity index (χ1n) is 5.84. The number of nitrogens with zero attached hydrogens (tertiary/aromatic N) is 2. The Morgan fingerprint density at radius 3 is 3.06 bits per heavy atom. The summed E-state index contributed by atoms with van der Waals surface area (Å²) in [5, 5.41) is 3.47. The molecule has 0 bridgehead atoms. The Bertz CT molecular complexity index is 330. The van der Waals surface area contributed by atoms with Crippen molar-refractivity contribution in [3.05, 3.63) is 18.6 Å². The number of rotatable bonds is 3. The van der Waals surface area contributed by atoms with E-state index in [1.165, 1.54) is 12.8 Å². The molecule has 2 atom stereocenters. The van der Waals surface area contributed by atoms with Crippen molar-refractivity contribution in [3.8, 4) is 0 Å². The predicted octanol–water partition coefficient (Wildman–Crippen LogP) is 3.08. The minimum atomic E-state index is 0.00918. The van der Waals surface area contributed by atoms with Gasteiger partial charge in [-0.15, -0.1) is 11.6 Å². The lowest BCUT2D eigenvalue weighted by Gasteiger charge is -2.39. The number of aromatic nitrogens is 2. The first-order valence-corrected chi connectivity index (χ1v) is 6.38. The second kappa shape index (κ2) is 5.00. The van der Waals surface area contributed by atoms with Crippen LogP contribution in [0.1, 0.15) is 32.6 Å². The van der Waals surface area contributed by atoms with E-state index in [1.54, 1.807) is 18.6 Å². The molecule has 0 amide bonds. The highest BCUT2D eigenvalue weighted by molar-refractivity contribution is 6.18. The molecular weight excluding hydrogens is 222 g/mol. The molecule has 16 heavy (non-hydrogen) atoms. The van der Waals surface area contributed by atoms with Crippen LogP contribution < -0.4 is 5.32 Å². The third-order valence-corrected chi connectivity index (χ3v) is 3.82. The first-order chi connectivity index (χ1) is 7.74. The molecule has 2 rings (SSSR count). The van der Waals surface area contributed by atoms with Gasteiger partial charge in [0.1, 0.15) is 5.82 Å². The van der Waals surface area contributed by atoms with Crippen LogP contribution in [-0.4, -0.2) is 21.4 Å². The second-order valence-corrected chi connectivity index (χ2v) is 5.10. The van der Waals surface area contributed by atoms with Crippen LogP contribution in [0.2, 0.25) is 0 Å². The van der Waals surface area contributed by atoms with E-state index in [1.807, 2.05) is 0 Å². The predicted molar refractivity (Wildman–Crippen MR) is 66.7 cm³/mol. The average molecular weight is 240 g/mol. The maximum absolute atomic E-state index is 6.14. The summed E-state index contributed by atoms with van der Waals surface area (Å²) < 4.78 is 0. The molecular formula is C12H18ClN3. The van der Waals surface area contributed by atoms with Crippen LogP contribution >= 0.6 is 11.6 Å². The topological polar surface area (TPSA) is 37.8 Å². The van der Waals surface area contributed by atoms with E-state index < -0.39 is 0 Å². The fourth-order valence-electron chi connectivity index (χ4n) is 2.56. The van der Waals surface area contributed by atoms with Gasteiger partial charge in [0, 0.05) is 18.3 Å². The molecule has 1 fully saturated rings. The molecule has 0 spiro atoms. The Hall–Kier alpha value is -0.830. The first kappa shape index (κ1) is 11.6. The maximum atomic E-state index is 6.14. The van der Waals surface area contributed by atoms with E-state index in [2.05, 4.69) is 22.2 Å². The highest BCUT2D eigenvalue weighted by atomic mass is 35.5. The van der Waals surface area contributed by atoms with Crippen molar-refractivity contribution in [2.45, 2.75) is 38.1 Å². The van der Waals surface area contributed by atoms with E-state index in [4.69, 9.17) is 11.6 Å². The van der Waals surface area contributed by atoms with Gasteiger partial charge in [-0.3, -0.25) is 4.98 Å². The van der Waals surface area contributed by atoms with Crippen molar-refractivity contribution < 1.29 is 0 Å². The highest BCUT2D eigenvalue weighted by Gasteiger charge is 2.34. The van der Waals surface area contributed by atoms with Crippen LogP contribution in [0.3, 0.4) is 0 Å². The Morgan fingerprint density at radius 2 is 2.44 bits per heavy atom. The second-order valence-electron chi connectivity index (χ2n) is 4.83. The summed E-state index contributed by atoms with van der Waals surface area (Å²) in [7, 11) is 0. The number of halogens is 1. The SMILES string of the molecule is CC1CCCC(CCl)(Nc2cnccn2)C1. The van der Waals surface area contributed by atoms with Crippen molar-refractivity contribution in [2.75, 3.05) is 11.2 Å². The quantitative estimate of drug-likeness (QED) is 0.824. The van der Waals surface area contributed by atoms with Gasteiger partial charge in [0.2, 0.25) is 0 Å². The maximum Gasteiger partial charge on any atom is 0.144 e. The summed E-state index contributed by atoms with van der Waals surface area (Å²) in [4.78, 5) is 8.33. The fourth-order valence-corrected chi connectivity index (χ4v) is 2.87. The fraction of sp³-hybridized carbons (Fsp3) is 0.667. The molecule has 1 N–H and O–H groups in total. The van der Waals surface area contributed by atoms with Crippen molar-refractivity contribution in [1.82, 2.24) is 9.97 Å². The molecule has 0 aromatic carbocycles. The normalized spacial score (nSPS) is 30.0. The van der Waals surface area contributed by atoms with Gasteiger partial charge in [-0.05, 0) is 18.8 Å². The number of hydrogen-bond acceptors (Lipinski definition) is 3. The lowest BCUT2D eigenvalue weighted by molar-refractivity contribution is 0.279. The number of nitrogens with one attached hydrogen (secondary N) is 1. The summed E-state index contributed by atoms with van der Waals surface area (Å²) in [5.41, 5.74) is 0.00918. The summed E-state index contributed by atoms with van der Waals surface area (Å²) >= 11 is 6.14. The van der Waals surface area contributed by atoms with Crippen LogP contribution in [0, 0.1) is 5.92 Å². The van der Waals surface area contributed by atoms with Crippen molar-refractivity contribution >= 4 is 17.4 Å². The molecule has 0 aliphatic heterocycles. The minimum Gasteiger partial charge on any atom is -0.362 e. The lowest BCUT2D eigenvalue weighted by atomic mass is 9.77. The van der Waals surface area contributed by atoms with E-state index in [0.717, 1.165) is 24.6 Å². The van der Waals surface area contributed by atoms with Gasteiger partial charge in [-0.1, -0.05) is 19.8 Å². The largest absolute Gasteiger partial charge is 0.362 e. The molecule has 1 aliphatic rings. The van der Waals surface area contributed by atoms with Gasteiger partial charge in [0.15, 0.2) is 0 Å². The average Bonchev–Trinajstić information content (AvgIpc) is 2.30. The van der Waals surface area contributed by atoms with Gasteiger partial charge >= 0.3 is 0 Å². The van der Waals surface area contributed by atoms with Crippen LogP contribution in [0.5, 0.6) is 0 Å². The molecule has 1 aliphatic carbocycles. The molecule has 0 radical (unpaired) electrons. The third-order valence-electron chi connectivity index (χ3n) is 3.30. The molecule has 4 heteroatoms. The van der Waals surface area contributed by atoms with Gasteiger partial charge < -0.3 is 5.32 Å². The van der Waals surface area contributed by atoms with Crippen LogP contribution in [-0.2, 0) is 0 Å². The van der Waals surface area contributed by atoms with E-state index in [0.29, 0.717) is 5.88 Å². The number of alkyl halides is 1. The number of hydrogen-bond donors (Lipinski definition) is 1. The molecule has 1 heterocycles. The Labute approximate surface area is 102 Å². The van der Waals surface area contributed by atoms with E-state index in [-0.39, 0.29) is 5.54 Å². The smallest absolute Gasteiger partial charge is 0.144 e. The van der Waals surface area contributed by atoms with E-state index in [9.17, 15) is 0 Å². The zero-order valence-electron chi connectivity index (χ0n) is 9.62. The highest BCUT2D eigenvalue weighted by Crippen LogP contribution is 2.35. The molecule has 1 aromatic heterocycles. The molecule has 1 saturated carbocycles. The summed E-state index contributed by atoms with van der Waals surface area (Å²) in [6.07, 6.45) is 9.93. The molecule has 88 valence electrons. The lowest BCUT2D eigenvalue weighted by Crippen LogP contribution is -2.44. The summed E-state index contributed by atoms with van der Waals surface area (Å²) in [6, 6.07) is 0. The molecule has 0 saturated heterocycles. The molecule has 1 aromatic rings. The zero-order chi connectivity index (χ0) is 11.4. The van der Waals surface area contributed by atoms with Gasteiger partial charge in [0.05, 0.1) is 11.7 Å². The monoisotopic (exact) mass is 239 g/mol. The molecule has 3 nitrogen and oxygen atoms in total. The van der Waals surface area contributed by atoms with Gasteiger partial charge in [0.25, 0.3) is 0 Å². The Morgan fingerprint density at radius 1 is 1.56 bits per heavy atom. The van der Waals surface area contributed by atoms with E-state index >= 15 is 0 Å². The van der Waals surface area contributed by atoms with Gasteiger partial charge in [-0.2, -0.15) is 0 Å². The van der Waals surface area contributed by atoms with Crippen LogP contribution in [0.15, 0.2) is 18.6 Å². The molecule has 2 unspecified atom stereocenters. The summed E-state index contributed by atoms with van der Waals surface area (Å²) in [5.74, 6) is 2.20. The van der Waals surface area contributed by atoms with Crippen molar-refractivity contribution in [1.29, 1.82) is 0 Å². The Kier molecular flexibility index (Phi) is 3.64. The standard InChI is InChI=1S/C12H18ClN3/c1-10-3-2-4-12(7-10,9-13)16-11-8-14-5-6-15-11/h5-6,8,10H,2-4,7,9H2,1H3,(H,15,16). The van der Waals surface area contributed by atoms with Crippen LogP contribution in [0.25, 0.3) is 0 Å². The number of anilines is 1. The van der Waals surface area contributed by atoms with Crippen molar-refractivity contribution in [2.24, 2.45) is 5.92 Å². The third kappa shape index (κ3) is 2.64. The van der Waals surface area contributed by atoms with Crippen LogP contribution in [0.4, 0.5) is 5.82 Å². The minimum absolute atomic E-state index is 0.00918. The summed E-state index contributed by atoms with van der Waals surface area (Å²) in [6.45, 7) is 2.29.